The molecule has 2 amide bonds. The first-order chi connectivity index (χ1) is 16.5. The summed E-state index contributed by atoms with van der Waals surface area (Å²) in [6.07, 6.45) is 0.626. The molecular weight excluding hydrogens is 434 g/mol. The lowest BCUT2D eigenvalue weighted by molar-refractivity contribution is -0.135. The summed E-state index contributed by atoms with van der Waals surface area (Å²) in [5, 5.41) is 2.93. The molecule has 2 aromatic rings. The maximum atomic E-state index is 13.1. The first kappa shape index (κ1) is 24.0. The number of anilines is 1. The molecule has 2 heterocycles. The number of benzene rings is 2. The molecule has 2 saturated heterocycles. The Bertz CT molecular complexity index is 1000. The average molecular weight is 468 g/mol. The molecule has 2 unspecified atom stereocenters. The van der Waals surface area contributed by atoms with Gasteiger partial charge in [-0.1, -0.05) is 23.8 Å². The minimum Gasteiger partial charge on any atom is -0.497 e. The van der Waals surface area contributed by atoms with Crippen LogP contribution in [0.15, 0.2) is 42.5 Å². The van der Waals surface area contributed by atoms with E-state index in [1.165, 1.54) is 0 Å². The summed E-state index contributed by atoms with van der Waals surface area (Å²) in [5.74, 6) is 1.49. The predicted octanol–water partition coefficient (Wildman–Crippen LogP) is 1.70. The highest BCUT2D eigenvalue weighted by Gasteiger charge is 2.35. The summed E-state index contributed by atoms with van der Waals surface area (Å²) in [6.45, 7) is 4.88. The largest absolute Gasteiger partial charge is 0.497 e. The molecular formula is C25H33N5O4. The Hall–Kier alpha value is -3.14. The van der Waals surface area contributed by atoms with Crippen molar-refractivity contribution in [2.24, 2.45) is 0 Å². The van der Waals surface area contributed by atoms with Gasteiger partial charge in [-0.2, -0.15) is 0 Å². The minimum absolute atomic E-state index is 0.0402. The van der Waals surface area contributed by atoms with Crippen molar-refractivity contribution in [3.8, 4) is 11.5 Å². The Balaban J connectivity index is 1.25. The lowest BCUT2D eigenvalue weighted by atomic mass is 10.00. The number of aryl methyl sites for hydroxylation is 1. The first-order valence-electron chi connectivity index (χ1n) is 11.6. The van der Waals surface area contributed by atoms with Gasteiger partial charge < -0.3 is 19.7 Å². The SMILES string of the molecule is COc1ccc(C2CC(C(=O)N3CCN(CC(=O)Nc4ccc(C)cc4)CC3)NN2)c(OC)c1. The van der Waals surface area contributed by atoms with Crippen molar-refractivity contribution in [3.63, 3.8) is 0 Å². The van der Waals surface area contributed by atoms with Crippen molar-refractivity contribution in [1.82, 2.24) is 20.7 Å². The quantitative estimate of drug-likeness (QED) is 0.571. The molecule has 182 valence electrons. The molecule has 0 saturated carbocycles. The van der Waals surface area contributed by atoms with Gasteiger partial charge >= 0.3 is 0 Å². The number of carbonyl (C=O) groups excluding carboxylic acids is 2. The summed E-state index contributed by atoms with van der Waals surface area (Å²) in [7, 11) is 3.25. The van der Waals surface area contributed by atoms with Gasteiger partial charge in [-0.25, -0.2) is 10.9 Å². The van der Waals surface area contributed by atoms with E-state index in [4.69, 9.17) is 9.47 Å². The number of ether oxygens (including phenoxy) is 2. The maximum absolute atomic E-state index is 13.1. The molecule has 0 bridgehead atoms. The van der Waals surface area contributed by atoms with Crippen LogP contribution in [0.4, 0.5) is 5.69 Å². The molecule has 0 aromatic heterocycles. The van der Waals surface area contributed by atoms with Crippen LogP contribution in [0.25, 0.3) is 0 Å². The van der Waals surface area contributed by atoms with Crippen LogP contribution in [0.2, 0.25) is 0 Å². The van der Waals surface area contributed by atoms with E-state index in [0.717, 1.165) is 28.3 Å². The van der Waals surface area contributed by atoms with Gasteiger partial charge in [-0.15, -0.1) is 0 Å². The van der Waals surface area contributed by atoms with E-state index in [2.05, 4.69) is 21.1 Å². The standard InChI is InChI=1S/C25H33N5O4/c1-17-4-6-18(7-5-17)26-24(31)16-29-10-12-30(13-11-29)25(32)22-15-21(27-28-22)20-9-8-19(33-2)14-23(20)34-3/h4-9,14,21-22,27-28H,10-13,15-16H2,1-3H3,(H,26,31). The predicted molar refractivity (Wildman–Crippen MR) is 130 cm³/mol. The summed E-state index contributed by atoms with van der Waals surface area (Å²) in [4.78, 5) is 29.4. The first-order valence-corrected chi connectivity index (χ1v) is 11.6. The van der Waals surface area contributed by atoms with Crippen LogP contribution in [-0.4, -0.2) is 74.6 Å². The molecule has 4 rings (SSSR count). The number of nitrogens with zero attached hydrogens (tertiary/aromatic N) is 2. The molecule has 0 radical (unpaired) electrons. The topological polar surface area (TPSA) is 95.2 Å². The monoisotopic (exact) mass is 467 g/mol. The average Bonchev–Trinajstić information content (AvgIpc) is 3.35. The van der Waals surface area contributed by atoms with E-state index >= 15 is 0 Å². The Labute approximate surface area is 200 Å². The number of piperazine rings is 1. The third-order valence-electron chi connectivity index (χ3n) is 6.40. The normalized spacial score (nSPS) is 20.7. The number of hydrazine groups is 1. The van der Waals surface area contributed by atoms with Crippen molar-refractivity contribution in [1.29, 1.82) is 0 Å². The van der Waals surface area contributed by atoms with Gasteiger partial charge in [0.2, 0.25) is 11.8 Å². The van der Waals surface area contributed by atoms with E-state index < -0.39 is 0 Å². The number of amides is 2. The highest BCUT2D eigenvalue weighted by molar-refractivity contribution is 5.92. The fourth-order valence-corrected chi connectivity index (χ4v) is 4.42. The van der Waals surface area contributed by atoms with Crippen molar-refractivity contribution < 1.29 is 19.1 Å². The maximum Gasteiger partial charge on any atom is 0.241 e. The van der Waals surface area contributed by atoms with Crippen LogP contribution in [-0.2, 0) is 9.59 Å². The van der Waals surface area contributed by atoms with E-state index in [-0.39, 0.29) is 23.9 Å². The van der Waals surface area contributed by atoms with Gasteiger partial charge in [0.25, 0.3) is 0 Å². The van der Waals surface area contributed by atoms with Crippen LogP contribution in [0.5, 0.6) is 11.5 Å². The van der Waals surface area contributed by atoms with Crippen molar-refractivity contribution >= 4 is 17.5 Å². The second-order valence-electron chi connectivity index (χ2n) is 8.75. The molecule has 2 aromatic carbocycles. The lowest BCUT2D eigenvalue weighted by Gasteiger charge is -2.35. The number of methoxy groups -OCH3 is 2. The molecule has 9 nitrogen and oxygen atoms in total. The summed E-state index contributed by atoms with van der Waals surface area (Å²) in [6, 6.07) is 13.1. The van der Waals surface area contributed by atoms with E-state index in [0.29, 0.717) is 39.1 Å². The van der Waals surface area contributed by atoms with Gasteiger partial charge in [0.15, 0.2) is 0 Å². The van der Waals surface area contributed by atoms with Crippen molar-refractivity contribution in [2.75, 3.05) is 52.3 Å². The number of hydrogen-bond acceptors (Lipinski definition) is 7. The molecule has 9 heteroatoms. The molecule has 3 N–H and O–H groups in total. The van der Waals surface area contributed by atoms with Crippen LogP contribution >= 0.6 is 0 Å². The van der Waals surface area contributed by atoms with Crippen LogP contribution in [0, 0.1) is 6.92 Å². The Kier molecular flexibility index (Phi) is 7.66. The van der Waals surface area contributed by atoms with Gasteiger partial charge in [0.1, 0.15) is 17.5 Å². The van der Waals surface area contributed by atoms with E-state index in [1.807, 2.05) is 54.3 Å². The zero-order valence-corrected chi connectivity index (χ0v) is 20.0. The second-order valence-corrected chi connectivity index (χ2v) is 8.75. The van der Waals surface area contributed by atoms with Gasteiger partial charge in [-0.05, 0) is 31.5 Å². The summed E-state index contributed by atoms with van der Waals surface area (Å²) >= 11 is 0. The van der Waals surface area contributed by atoms with Crippen molar-refractivity contribution in [2.45, 2.75) is 25.4 Å². The smallest absolute Gasteiger partial charge is 0.241 e. The van der Waals surface area contributed by atoms with Crippen LogP contribution in [0.1, 0.15) is 23.6 Å². The molecule has 2 fully saturated rings. The molecule has 34 heavy (non-hydrogen) atoms. The van der Waals surface area contributed by atoms with Gasteiger partial charge in [0, 0.05) is 43.5 Å². The molecule has 2 aliphatic rings. The van der Waals surface area contributed by atoms with Gasteiger partial charge in [0.05, 0.1) is 26.8 Å². The third-order valence-corrected chi connectivity index (χ3v) is 6.40. The number of nitrogens with one attached hydrogen (secondary N) is 3. The third kappa shape index (κ3) is 5.67. The lowest BCUT2D eigenvalue weighted by Crippen LogP contribution is -2.54. The fraction of sp³-hybridized carbons (Fsp3) is 0.440. The Morgan fingerprint density at radius 2 is 1.74 bits per heavy atom. The molecule has 2 aliphatic heterocycles. The fourth-order valence-electron chi connectivity index (χ4n) is 4.42. The van der Waals surface area contributed by atoms with Crippen molar-refractivity contribution in [3.05, 3.63) is 53.6 Å². The highest BCUT2D eigenvalue weighted by atomic mass is 16.5. The Morgan fingerprint density at radius 3 is 2.41 bits per heavy atom. The zero-order valence-electron chi connectivity index (χ0n) is 20.0. The van der Waals surface area contributed by atoms with E-state index in [1.54, 1.807) is 14.2 Å². The van der Waals surface area contributed by atoms with Gasteiger partial charge in [-0.3, -0.25) is 14.5 Å². The summed E-state index contributed by atoms with van der Waals surface area (Å²) < 4.78 is 10.8. The molecule has 2 atom stereocenters. The van der Waals surface area contributed by atoms with Crippen LogP contribution < -0.4 is 25.6 Å². The molecule has 0 aliphatic carbocycles. The zero-order chi connectivity index (χ0) is 24.1. The molecule has 0 spiro atoms. The summed E-state index contributed by atoms with van der Waals surface area (Å²) in [5.41, 5.74) is 9.32. The minimum atomic E-state index is -0.312. The number of rotatable bonds is 7. The Morgan fingerprint density at radius 1 is 1.00 bits per heavy atom. The number of carbonyl (C=O) groups is 2. The highest BCUT2D eigenvalue weighted by Crippen LogP contribution is 2.33. The second kappa shape index (κ2) is 10.9. The van der Waals surface area contributed by atoms with E-state index in [9.17, 15) is 9.59 Å². The van der Waals surface area contributed by atoms with Crippen LogP contribution in [0.3, 0.4) is 0 Å². The number of hydrogen-bond donors (Lipinski definition) is 3.